The van der Waals surface area contributed by atoms with Crippen LogP contribution in [0.15, 0.2) is 30.6 Å². The molecular weight excluding hydrogens is 376 g/mol. The molecule has 4 rings (SSSR count). The van der Waals surface area contributed by atoms with E-state index in [2.05, 4.69) is 57.5 Å². The maximum atomic E-state index is 12.6. The number of piperazine rings is 1. The van der Waals surface area contributed by atoms with Crippen molar-refractivity contribution in [2.75, 3.05) is 41.3 Å². The quantitative estimate of drug-likeness (QED) is 0.810. The molecule has 2 N–H and O–H groups in total. The van der Waals surface area contributed by atoms with E-state index in [9.17, 15) is 4.79 Å². The van der Waals surface area contributed by atoms with Crippen LogP contribution in [0, 0.1) is 12.8 Å². The molecule has 0 spiro atoms. The van der Waals surface area contributed by atoms with E-state index in [-0.39, 0.29) is 23.9 Å². The van der Waals surface area contributed by atoms with Gasteiger partial charge in [-0.25, -0.2) is 4.98 Å². The Morgan fingerprint density at radius 3 is 2.63 bits per heavy atom. The highest BCUT2D eigenvalue weighted by Gasteiger charge is 2.40. The van der Waals surface area contributed by atoms with Crippen molar-refractivity contribution in [2.45, 2.75) is 46.2 Å². The number of fused-ring (bicyclic) bond motifs is 1. The van der Waals surface area contributed by atoms with Crippen molar-refractivity contribution in [2.24, 2.45) is 5.92 Å². The summed E-state index contributed by atoms with van der Waals surface area (Å²) >= 11 is 0. The molecule has 3 heterocycles. The molecule has 0 radical (unpaired) electrons. The Hall–Kier alpha value is -2.67. The summed E-state index contributed by atoms with van der Waals surface area (Å²) in [6.45, 7) is 11.9. The normalized spacial score (nSPS) is 23.8. The number of nitrogens with one attached hydrogen (secondary N) is 2. The van der Waals surface area contributed by atoms with E-state index in [0.29, 0.717) is 0 Å². The molecule has 2 aliphatic rings. The van der Waals surface area contributed by atoms with Crippen LogP contribution in [0.5, 0.6) is 0 Å². The number of nitrogens with zero attached hydrogens (tertiary/aromatic N) is 4. The lowest BCUT2D eigenvalue weighted by molar-refractivity contribution is -0.117. The van der Waals surface area contributed by atoms with E-state index in [1.54, 1.807) is 19.3 Å². The minimum Gasteiger partial charge on any atom is -0.369 e. The molecule has 30 heavy (non-hydrogen) atoms. The fraction of sp³-hybridized carbons (Fsp3) is 0.522. The summed E-state index contributed by atoms with van der Waals surface area (Å²) in [5.74, 6) is 1.09. The predicted octanol–water partition coefficient (Wildman–Crippen LogP) is 3.13. The molecule has 1 fully saturated rings. The molecule has 0 saturated carbocycles. The van der Waals surface area contributed by atoms with Gasteiger partial charge in [0, 0.05) is 62.0 Å². The van der Waals surface area contributed by atoms with Gasteiger partial charge in [0.25, 0.3) is 0 Å². The Kier molecular flexibility index (Phi) is 5.90. The Morgan fingerprint density at radius 1 is 1.23 bits per heavy atom. The summed E-state index contributed by atoms with van der Waals surface area (Å²) in [6.07, 6.45) is 4.48. The minimum atomic E-state index is 0.0559. The molecule has 0 aliphatic carbocycles. The van der Waals surface area contributed by atoms with Gasteiger partial charge in [0.1, 0.15) is 5.82 Å². The van der Waals surface area contributed by atoms with Gasteiger partial charge in [0.15, 0.2) is 0 Å². The first-order valence-corrected chi connectivity index (χ1v) is 10.9. The molecule has 3 atom stereocenters. The third-order valence-corrected chi connectivity index (χ3v) is 6.39. The molecule has 1 aromatic carbocycles. The van der Waals surface area contributed by atoms with E-state index in [0.717, 1.165) is 55.4 Å². The standard InChI is InChI=1S/C23H32N6O/c1-5-20-16(3)23(27-22-14-25-15(2)13-26-22)19-12-18(28-10-8-24-9-11-28)6-7-21(19)29(20)17(4)30/h6-7,12-14,16,20,23-24H,5,8-11H2,1-4H3,(H,26,27)/t16-,20-,23+/m0/s1. The summed E-state index contributed by atoms with van der Waals surface area (Å²) in [6, 6.07) is 6.73. The van der Waals surface area contributed by atoms with Gasteiger partial charge in [-0.3, -0.25) is 9.78 Å². The SMILES string of the molecule is CC[C@H]1[C@H](C)[C@@H](Nc2cnc(C)cn2)c2cc(N3CCNCC3)ccc2N1C(C)=O. The smallest absolute Gasteiger partial charge is 0.224 e. The van der Waals surface area contributed by atoms with Crippen LogP contribution in [0.2, 0.25) is 0 Å². The number of benzene rings is 1. The molecule has 160 valence electrons. The number of rotatable bonds is 4. The van der Waals surface area contributed by atoms with Gasteiger partial charge >= 0.3 is 0 Å². The number of aryl methyl sites for hydroxylation is 1. The molecular formula is C23H32N6O. The first-order chi connectivity index (χ1) is 14.5. The Bertz CT molecular complexity index is 893. The Balaban J connectivity index is 1.77. The average molecular weight is 409 g/mol. The van der Waals surface area contributed by atoms with Gasteiger partial charge in [-0.1, -0.05) is 13.8 Å². The lowest BCUT2D eigenvalue weighted by atomic mass is 9.80. The van der Waals surface area contributed by atoms with Crippen LogP contribution in [0.4, 0.5) is 17.2 Å². The second kappa shape index (κ2) is 8.60. The largest absolute Gasteiger partial charge is 0.369 e. The van der Waals surface area contributed by atoms with Gasteiger partial charge in [-0.15, -0.1) is 0 Å². The molecule has 2 aliphatic heterocycles. The van der Waals surface area contributed by atoms with Crippen LogP contribution in [-0.2, 0) is 4.79 Å². The van der Waals surface area contributed by atoms with Gasteiger partial charge in [-0.2, -0.15) is 0 Å². The monoisotopic (exact) mass is 408 g/mol. The number of carbonyl (C=O) groups is 1. The van der Waals surface area contributed by atoms with Gasteiger partial charge in [0.2, 0.25) is 5.91 Å². The highest BCUT2D eigenvalue weighted by molar-refractivity contribution is 5.94. The van der Waals surface area contributed by atoms with Crippen molar-refractivity contribution in [1.82, 2.24) is 15.3 Å². The highest BCUT2D eigenvalue weighted by atomic mass is 16.2. The predicted molar refractivity (Wildman–Crippen MR) is 121 cm³/mol. The number of anilines is 3. The van der Waals surface area contributed by atoms with E-state index in [1.807, 2.05) is 11.8 Å². The lowest BCUT2D eigenvalue weighted by Gasteiger charge is -2.45. The van der Waals surface area contributed by atoms with Crippen LogP contribution in [0.3, 0.4) is 0 Å². The van der Waals surface area contributed by atoms with Crippen molar-refractivity contribution in [3.8, 4) is 0 Å². The highest BCUT2D eigenvalue weighted by Crippen LogP contribution is 2.44. The van der Waals surface area contributed by atoms with Crippen molar-refractivity contribution in [3.05, 3.63) is 41.9 Å². The van der Waals surface area contributed by atoms with Gasteiger partial charge in [0.05, 0.1) is 24.1 Å². The fourth-order valence-corrected chi connectivity index (χ4v) is 4.84. The van der Waals surface area contributed by atoms with Crippen molar-refractivity contribution >= 4 is 23.1 Å². The van der Waals surface area contributed by atoms with Gasteiger partial charge in [-0.05, 0) is 31.5 Å². The maximum absolute atomic E-state index is 12.6. The van der Waals surface area contributed by atoms with Crippen LogP contribution in [-0.4, -0.2) is 48.1 Å². The summed E-state index contributed by atoms with van der Waals surface area (Å²) < 4.78 is 0. The summed E-state index contributed by atoms with van der Waals surface area (Å²) in [5.41, 5.74) is 4.26. The fourth-order valence-electron chi connectivity index (χ4n) is 4.84. The zero-order valence-corrected chi connectivity index (χ0v) is 18.4. The van der Waals surface area contributed by atoms with E-state index in [4.69, 9.17) is 0 Å². The molecule has 7 nitrogen and oxygen atoms in total. The van der Waals surface area contributed by atoms with Crippen molar-refractivity contribution < 1.29 is 4.79 Å². The number of hydrogen-bond acceptors (Lipinski definition) is 6. The minimum absolute atomic E-state index is 0.0559. The molecule has 0 bridgehead atoms. The van der Waals surface area contributed by atoms with Crippen molar-refractivity contribution in [1.29, 1.82) is 0 Å². The third kappa shape index (κ3) is 3.86. The summed E-state index contributed by atoms with van der Waals surface area (Å²) in [7, 11) is 0. The molecule has 1 saturated heterocycles. The molecule has 1 amide bonds. The van der Waals surface area contributed by atoms with Crippen LogP contribution < -0.4 is 20.4 Å². The van der Waals surface area contributed by atoms with E-state index < -0.39 is 0 Å². The molecule has 1 aromatic heterocycles. The second-order valence-corrected chi connectivity index (χ2v) is 8.37. The van der Waals surface area contributed by atoms with Gasteiger partial charge < -0.3 is 20.4 Å². The topological polar surface area (TPSA) is 73.4 Å². The Morgan fingerprint density at radius 2 is 2.00 bits per heavy atom. The zero-order chi connectivity index (χ0) is 21.3. The van der Waals surface area contributed by atoms with E-state index in [1.165, 1.54) is 5.69 Å². The third-order valence-electron chi connectivity index (χ3n) is 6.39. The van der Waals surface area contributed by atoms with E-state index >= 15 is 0 Å². The first kappa shape index (κ1) is 20.6. The van der Waals surface area contributed by atoms with Crippen LogP contribution >= 0.6 is 0 Å². The Labute approximate surface area is 178 Å². The summed E-state index contributed by atoms with van der Waals surface area (Å²) in [5, 5.41) is 7.04. The second-order valence-electron chi connectivity index (χ2n) is 8.37. The number of aromatic nitrogens is 2. The first-order valence-electron chi connectivity index (χ1n) is 10.9. The van der Waals surface area contributed by atoms with Crippen LogP contribution in [0.25, 0.3) is 0 Å². The molecule has 0 unspecified atom stereocenters. The summed E-state index contributed by atoms with van der Waals surface area (Å²) in [4.78, 5) is 25.9. The lowest BCUT2D eigenvalue weighted by Crippen LogP contribution is -2.50. The number of carbonyl (C=O) groups excluding carboxylic acids is 1. The van der Waals surface area contributed by atoms with Crippen LogP contribution in [0.1, 0.15) is 44.5 Å². The molecule has 2 aromatic rings. The molecule has 7 heteroatoms. The number of hydrogen-bond donors (Lipinski definition) is 2. The number of amides is 1. The zero-order valence-electron chi connectivity index (χ0n) is 18.4. The van der Waals surface area contributed by atoms with Crippen molar-refractivity contribution in [3.63, 3.8) is 0 Å². The maximum Gasteiger partial charge on any atom is 0.224 e. The average Bonchev–Trinajstić information content (AvgIpc) is 2.76.